The predicted octanol–water partition coefficient (Wildman–Crippen LogP) is 3.01. The van der Waals surface area contributed by atoms with Crippen LogP contribution < -0.4 is 5.43 Å². The van der Waals surface area contributed by atoms with Gasteiger partial charge in [0.15, 0.2) is 0 Å². The second kappa shape index (κ2) is 5.32. The second-order valence-electron chi connectivity index (χ2n) is 4.84. The Bertz CT molecular complexity index is 416. The molecule has 0 amide bonds. The zero-order valence-corrected chi connectivity index (χ0v) is 10.5. The smallest absolute Gasteiger partial charge is 0.0593 e. The Balaban J connectivity index is 2.01. The summed E-state index contributed by atoms with van der Waals surface area (Å²) in [5, 5.41) is 13.9. The van der Waals surface area contributed by atoms with Crippen molar-refractivity contribution in [2.24, 2.45) is 5.10 Å². The molecule has 2 N–H and O–H groups in total. The van der Waals surface area contributed by atoms with E-state index in [9.17, 15) is 5.11 Å². The maximum absolute atomic E-state index is 9.42. The van der Waals surface area contributed by atoms with Crippen LogP contribution in [0.25, 0.3) is 0 Å². The fourth-order valence-electron chi connectivity index (χ4n) is 2.04. The molecule has 1 fully saturated rings. The summed E-state index contributed by atoms with van der Waals surface area (Å²) in [4.78, 5) is 0. The lowest BCUT2D eigenvalue weighted by atomic mass is 9.96. The molecule has 2 rings (SSSR count). The van der Waals surface area contributed by atoms with Gasteiger partial charge in [-0.15, -0.1) is 0 Å². The fraction of sp³-hybridized carbons (Fsp3) is 0.500. The quantitative estimate of drug-likeness (QED) is 0.770. The summed E-state index contributed by atoms with van der Waals surface area (Å²) in [7, 11) is 0. The van der Waals surface area contributed by atoms with Gasteiger partial charge in [-0.1, -0.05) is 12.1 Å². The molecule has 1 aliphatic carbocycles. The van der Waals surface area contributed by atoms with Crippen molar-refractivity contribution in [3.63, 3.8) is 0 Å². The van der Waals surface area contributed by atoms with E-state index in [1.165, 1.54) is 11.1 Å². The van der Waals surface area contributed by atoms with Crippen molar-refractivity contribution < 1.29 is 5.11 Å². The van der Waals surface area contributed by atoms with E-state index in [1.807, 2.05) is 0 Å². The topological polar surface area (TPSA) is 44.6 Å². The average Bonchev–Trinajstić information content (AvgIpc) is 2.32. The van der Waals surface area contributed by atoms with Gasteiger partial charge >= 0.3 is 0 Å². The summed E-state index contributed by atoms with van der Waals surface area (Å²) >= 11 is 0. The van der Waals surface area contributed by atoms with Crippen molar-refractivity contribution in [1.29, 1.82) is 0 Å². The molecule has 17 heavy (non-hydrogen) atoms. The number of hydrogen-bond acceptors (Lipinski definition) is 3. The molecular formula is C14H20N2O. The fourth-order valence-corrected chi connectivity index (χ4v) is 2.04. The Hall–Kier alpha value is -1.35. The number of nitrogens with one attached hydrogen (secondary N) is 1. The molecule has 1 aromatic carbocycles. The lowest BCUT2D eigenvalue weighted by Gasteiger charge is -2.18. The average molecular weight is 232 g/mol. The molecule has 1 aromatic rings. The molecule has 0 bridgehead atoms. The van der Waals surface area contributed by atoms with Gasteiger partial charge in [-0.2, -0.15) is 5.10 Å². The number of aliphatic hydroxyl groups is 1. The van der Waals surface area contributed by atoms with E-state index in [0.29, 0.717) is 0 Å². The lowest BCUT2D eigenvalue weighted by Crippen LogP contribution is -2.18. The lowest BCUT2D eigenvalue weighted by molar-refractivity contribution is 0.152. The van der Waals surface area contributed by atoms with Crippen LogP contribution in [-0.4, -0.2) is 16.9 Å². The van der Waals surface area contributed by atoms with Crippen LogP contribution in [0.4, 0.5) is 5.69 Å². The molecule has 0 spiro atoms. The molecule has 1 saturated carbocycles. The molecule has 0 radical (unpaired) electrons. The number of rotatable bonds is 2. The van der Waals surface area contributed by atoms with Gasteiger partial charge in [0, 0.05) is 5.71 Å². The molecule has 0 aliphatic heterocycles. The minimum Gasteiger partial charge on any atom is -0.393 e. The highest BCUT2D eigenvalue weighted by Crippen LogP contribution is 2.19. The van der Waals surface area contributed by atoms with Gasteiger partial charge in [-0.05, 0) is 56.7 Å². The SMILES string of the molecule is Cc1ccc(C)c(NN=C2CCC(O)CC2)c1. The van der Waals surface area contributed by atoms with Gasteiger partial charge in [0.25, 0.3) is 0 Å². The Morgan fingerprint density at radius 1 is 1.24 bits per heavy atom. The van der Waals surface area contributed by atoms with Crippen molar-refractivity contribution in [3.8, 4) is 0 Å². The molecule has 0 atom stereocenters. The zero-order chi connectivity index (χ0) is 12.3. The predicted molar refractivity (Wildman–Crippen MR) is 71.4 cm³/mol. The molecule has 3 heteroatoms. The standard InChI is InChI=1S/C14H20N2O/c1-10-3-4-11(2)14(9-10)16-15-12-5-7-13(17)8-6-12/h3-4,9,13,16-17H,5-8H2,1-2H3. The van der Waals surface area contributed by atoms with Crippen LogP contribution in [0.15, 0.2) is 23.3 Å². The van der Waals surface area contributed by atoms with Crippen LogP contribution >= 0.6 is 0 Å². The minimum atomic E-state index is -0.130. The third-order valence-corrected chi connectivity index (χ3v) is 3.26. The maximum Gasteiger partial charge on any atom is 0.0593 e. The number of nitrogens with zero attached hydrogens (tertiary/aromatic N) is 1. The summed E-state index contributed by atoms with van der Waals surface area (Å²) in [6.07, 6.45) is 3.35. The Kier molecular flexibility index (Phi) is 3.79. The first-order valence-electron chi connectivity index (χ1n) is 6.22. The van der Waals surface area contributed by atoms with Crippen LogP contribution in [0.3, 0.4) is 0 Å². The number of anilines is 1. The van der Waals surface area contributed by atoms with Gasteiger partial charge in [-0.25, -0.2) is 0 Å². The highest BCUT2D eigenvalue weighted by Gasteiger charge is 2.14. The number of aryl methyl sites for hydroxylation is 2. The molecule has 3 nitrogen and oxygen atoms in total. The Labute approximate surface area is 103 Å². The van der Waals surface area contributed by atoms with Crippen LogP contribution in [0.5, 0.6) is 0 Å². The molecule has 1 aliphatic rings. The van der Waals surface area contributed by atoms with Crippen molar-refractivity contribution in [2.75, 3.05) is 5.43 Å². The summed E-state index contributed by atoms with van der Waals surface area (Å²) in [5.41, 5.74) is 7.82. The van der Waals surface area contributed by atoms with E-state index in [0.717, 1.165) is 37.1 Å². The van der Waals surface area contributed by atoms with Crippen molar-refractivity contribution in [3.05, 3.63) is 29.3 Å². The highest BCUT2D eigenvalue weighted by molar-refractivity contribution is 5.85. The minimum absolute atomic E-state index is 0.130. The first kappa shape index (κ1) is 12.1. The van der Waals surface area contributed by atoms with Gasteiger partial charge in [0.2, 0.25) is 0 Å². The summed E-state index contributed by atoms with van der Waals surface area (Å²) < 4.78 is 0. The van der Waals surface area contributed by atoms with Gasteiger partial charge in [-0.3, -0.25) is 5.43 Å². The van der Waals surface area contributed by atoms with E-state index in [2.05, 4.69) is 42.6 Å². The van der Waals surface area contributed by atoms with Crippen LogP contribution in [-0.2, 0) is 0 Å². The van der Waals surface area contributed by atoms with Gasteiger partial charge < -0.3 is 5.11 Å². The number of hydrogen-bond donors (Lipinski definition) is 2. The number of aliphatic hydroxyl groups excluding tert-OH is 1. The monoisotopic (exact) mass is 232 g/mol. The molecule has 0 saturated heterocycles. The first-order chi connectivity index (χ1) is 8.15. The largest absolute Gasteiger partial charge is 0.393 e. The molecule has 0 aromatic heterocycles. The molecule has 0 heterocycles. The number of hydrazone groups is 1. The molecule has 0 unspecified atom stereocenters. The Morgan fingerprint density at radius 2 is 1.94 bits per heavy atom. The van der Waals surface area contributed by atoms with Crippen molar-refractivity contribution >= 4 is 11.4 Å². The molecular weight excluding hydrogens is 212 g/mol. The zero-order valence-electron chi connectivity index (χ0n) is 10.5. The third kappa shape index (κ3) is 3.30. The number of benzene rings is 1. The first-order valence-corrected chi connectivity index (χ1v) is 6.22. The maximum atomic E-state index is 9.42. The third-order valence-electron chi connectivity index (χ3n) is 3.26. The Morgan fingerprint density at radius 3 is 2.65 bits per heavy atom. The van der Waals surface area contributed by atoms with Crippen molar-refractivity contribution in [1.82, 2.24) is 0 Å². The van der Waals surface area contributed by atoms with Gasteiger partial charge in [0.1, 0.15) is 0 Å². The summed E-state index contributed by atoms with van der Waals surface area (Å²) in [6.45, 7) is 4.15. The van der Waals surface area contributed by atoms with E-state index < -0.39 is 0 Å². The summed E-state index contributed by atoms with van der Waals surface area (Å²) in [6, 6.07) is 6.31. The van der Waals surface area contributed by atoms with E-state index in [1.54, 1.807) is 0 Å². The van der Waals surface area contributed by atoms with E-state index in [-0.39, 0.29) is 6.10 Å². The van der Waals surface area contributed by atoms with Crippen LogP contribution in [0.2, 0.25) is 0 Å². The van der Waals surface area contributed by atoms with E-state index in [4.69, 9.17) is 0 Å². The normalized spacial score (nSPS) is 20.2. The van der Waals surface area contributed by atoms with E-state index >= 15 is 0 Å². The summed E-state index contributed by atoms with van der Waals surface area (Å²) in [5.74, 6) is 0. The molecule has 92 valence electrons. The van der Waals surface area contributed by atoms with Crippen LogP contribution in [0, 0.1) is 13.8 Å². The second-order valence-corrected chi connectivity index (χ2v) is 4.84. The highest BCUT2D eigenvalue weighted by atomic mass is 16.3. The van der Waals surface area contributed by atoms with Gasteiger partial charge in [0.05, 0.1) is 11.8 Å². The van der Waals surface area contributed by atoms with Crippen molar-refractivity contribution in [2.45, 2.75) is 45.6 Å². The van der Waals surface area contributed by atoms with Crippen LogP contribution in [0.1, 0.15) is 36.8 Å².